The van der Waals surface area contributed by atoms with Crippen LogP contribution in [0.3, 0.4) is 0 Å². The molecule has 6 nitrogen and oxygen atoms in total. The number of hydrogen-bond donors (Lipinski definition) is 1. The first-order valence-electron chi connectivity index (χ1n) is 8.89. The number of thioether (sulfide) groups is 1. The van der Waals surface area contributed by atoms with E-state index in [2.05, 4.69) is 10.3 Å². The molecule has 0 fully saturated rings. The molecule has 10 heteroatoms. The molecule has 1 aliphatic rings. The van der Waals surface area contributed by atoms with Crippen LogP contribution in [0.25, 0.3) is 5.69 Å². The van der Waals surface area contributed by atoms with E-state index in [1.165, 1.54) is 16.8 Å². The third-order valence-electron chi connectivity index (χ3n) is 4.32. The Kier molecular flexibility index (Phi) is 5.58. The van der Waals surface area contributed by atoms with Gasteiger partial charge in [0.1, 0.15) is 0 Å². The minimum atomic E-state index is -4.43. The van der Waals surface area contributed by atoms with Gasteiger partial charge in [-0.3, -0.25) is 9.36 Å². The van der Waals surface area contributed by atoms with Crippen molar-refractivity contribution in [2.24, 2.45) is 0 Å². The molecule has 0 radical (unpaired) electrons. The van der Waals surface area contributed by atoms with E-state index in [1.807, 2.05) is 6.07 Å². The molecule has 1 amide bonds. The number of carbonyl (C=O) groups excluding carboxylic acids is 1. The predicted molar refractivity (Wildman–Crippen MR) is 104 cm³/mol. The van der Waals surface area contributed by atoms with Crippen molar-refractivity contribution in [1.29, 1.82) is 0 Å². The van der Waals surface area contributed by atoms with Gasteiger partial charge in [0.2, 0.25) is 12.7 Å². The number of benzene rings is 2. The van der Waals surface area contributed by atoms with E-state index in [4.69, 9.17) is 9.47 Å². The Hall–Kier alpha value is -3.14. The first-order valence-corrected chi connectivity index (χ1v) is 9.88. The largest absolute Gasteiger partial charge is 0.454 e. The number of halogens is 3. The highest BCUT2D eigenvalue weighted by molar-refractivity contribution is 7.99. The summed E-state index contributed by atoms with van der Waals surface area (Å²) in [4.78, 5) is 16.4. The summed E-state index contributed by atoms with van der Waals surface area (Å²) in [5, 5.41) is 3.22. The Bertz CT molecular complexity index is 1070. The Morgan fingerprint density at radius 2 is 2.00 bits per heavy atom. The molecule has 2 heterocycles. The van der Waals surface area contributed by atoms with Crippen molar-refractivity contribution >= 4 is 17.7 Å². The van der Waals surface area contributed by atoms with Crippen molar-refractivity contribution in [2.45, 2.75) is 17.9 Å². The molecular weight excluding hydrogens is 419 g/mol. The van der Waals surface area contributed by atoms with Crippen molar-refractivity contribution in [1.82, 2.24) is 14.9 Å². The average Bonchev–Trinajstić information content (AvgIpc) is 3.39. The fraction of sp³-hybridized carbons (Fsp3) is 0.200. The number of alkyl halides is 3. The minimum Gasteiger partial charge on any atom is -0.454 e. The maximum Gasteiger partial charge on any atom is 0.416 e. The minimum absolute atomic E-state index is 0.0700. The molecule has 0 unspecified atom stereocenters. The fourth-order valence-corrected chi connectivity index (χ4v) is 3.66. The monoisotopic (exact) mass is 435 g/mol. The van der Waals surface area contributed by atoms with E-state index in [1.54, 1.807) is 24.4 Å². The molecule has 1 aliphatic heterocycles. The van der Waals surface area contributed by atoms with Crippen LogP contribution in [0.15, 0.2) is 60.0 Å². The Balaban J connectivity index is 1.36. The highest BCUT2D eigenvalue weighted by Gasteiger charge is 2.30. The Morgan fingerprint density at radius 3 is 2.83 bits per heavy atom. The van der Waals surface area contributed by atoms with Crippen LogP contribution in [0.4, 0.5) is 13.2 Å². The summed E-state index contributed by atoms with van der Waals surface area (Å²) in [6, 6.07) is 10.4. The van der Waals surface area contributed by atoms with Gasteiger partial charge in [-0.2, -0.15) is 13.2 Å². The normalized spacial score (nSPS) is 12.8. The molecule has 30 heavy (non-hydrogen) atoms. The molecule has 0 saturated carbocycles. The molecule has 3 aromatic rings. The van der Waals surface area contributed by atoms with Gasteiger partial charge >= 0.3 is 6.18 Å². The van der Waals surface area contributed by atoms with E-state index in [9.17, 15) is 18.0 Å². The lowest BCUT2D eigenvalue weighted by Crippen LogP contribution is -2.24. The lowest BCUT2D eigenvalue weighted by Gasteiger charge is -2.11. The Morgan fingerprint density at radius 1 is 1.17 bits per heavy atom. The van der Waals surface area contributed by atoms with Crippen LogP contribution in [-0.2, 0) is 17.5 Å². The first-order chi connectivity index (χ1) is 14.4. The summed E-state index contributed by atoms with van der Waals surface area (Å²) in [6.45, 7) is 0.498. The average molecular weight is 435 g/mol. The zero-order valence-corrected chi connectivity index (χ0v) is 16.3. The summed E-state index contributed by atoms with van der Waals surface area (Å²) in [6.07, 6.45) is -1.39. The van der Waals surface area contributed by atoms with E-state index in [-0.39, 0.29) is 18.5 Å². The van der Waals surface area contributed by atoms with Crippen molar-refractivity contribution in [3.63, 3.8) is 0 Å². The summed E-state index contributed by atoms with van der Waals surface area (Å²) < 4.78 is 51.0. The van der Waals surface area contributed by atoms with Gasteiger partial charge in [-0.1, -0.05) is 23.9 Å². The summed E-state index contributed by atoms with van der Waals surface area (Å²) in [5.41, 5.74) is 0.444. The number of amides is 1. The number of hydrogen-bond acceptors (Lipinski definition) is 5. The van der Waals surface area contributed by atoms with E-state index < -0.39 is 11.7 Å². The number of imidazole rings is 1. The molecule has 0 bridgehead atoms. The number of carbonyl (C=O) groups is 1. The van der Waals surface area contributed by atoms with E-state index in [0.29, 0.717) is 28.9 Å². The molecule has 4 rings (SSSR count). The number of ether oxygens (including phenoxy) is 2. The predicted octanol–water partition coefficient (Wildman–Crippen LogP) is 4.03. The number of aromatic nitrogens is 2. The SMILES string of the molecule is O=C(CSc1nccn1-c1cccc(C(F)(F)F)c1)NCc1ccc2c(c1)OCO2. The standard InChI is InChI=1S/C20H16F3N3O3S/c21-20(22,23)14-2-1-3-15(9-14)26-7-6-24-19(26)30-11-18(27)25-10-13-4-5-16-17(8-13)29-12-28-16/h1-9H,10-12H2,(H,25,27). The van der Waals surface area contributed by atoms with Gasteiger partial charge in [-0.15, -0.1) is 0 Å². The molecule has 1 N–H and O–H groups in total. The quantitative estimate of drug-likeness (QED) is 0.593. The van der Waals surface area contributed by atoms with Gasteiger partial charge in [0, 0.05) is 24.6 Å². The van der Waals surface area contributed by atoms with Crippen LogP contribution in [0.1, 0.15) is 11.1 Å². The van der Waals surface area contributed by atoms with Crippen molar-refractivity contribution < 1.29 is 27.4 Å². The van der Waals surface area contributed by atoms with Gasteiger partial charge in [-0.05, 0) is 35.9 Å². The zero-order valence-electron chi connectivity index (χ0n) is 15.5. The second kappa shape index (κ2) is 8.31. The summed E-state index contributed by atoms with van der Waals surface area (Å²) >= 11 is 1.14. The second-order valence-corrected chi connectivity index (χ2v) is 7.32. The summed E-state index contributed by atoms with van der Waals surface area (Å²) in [7, 11) is 0. The van der Waals surface area contributed by atoms with Crippen LogP contribution < -0.4 is 14.8 Å². The highest BCUT2D eigenvalue weighted by atomic mass is 32.2. The maximum absolute atomic E-state index is 13.0. The molecule has 1 aromatic heterocycles. The van der Waals surface area contributed by atoms with Crippen LogP contribution in [-0.4, -0.2) is 28.0 Å². The van der Waals surface area contributed by atoms with E-state index in [0.717, 1.165) is 29.5 Å². The zero-order chi connectivity index (χ0) is 21.1. The molecule has 2 aromatic carbocycles. The topological polar surface area (TPSA) is 65.4 Å². The molecule has 0 atom stereocenters. The first kappa shape index (κ1) is 20.1. The molecule has 0 spiro atoms. The number of fused-ring (bicyclic) bond motifs is 1. The van der Waals surface area contributed by atoms with Gasteiger partial charge in [0.25, 0.3) is 0 Å². The van der Waals surface area contributed by atoms with Gasteiger partial charge in [0.15, 0.2) is 16.7 Å². The maximum atomic E-state index is 13.0. The van der Waals surface area contributed by atoms with E-state index >= 15 is 0 Å². The van der Waals surface area contributed by atoms with Crippen LogP contribution >= 0.6 is 11.8 Å². The van der Waals surface area contributed by atoms with Crippen molar-refractivity contribution in [3.05, 3.63) is 66.0 Å². The lowest BCUT2D eigenvalue weighted by atomic mass is 10.2. The Labute approximate surface area is 174 Å². The van der Waals surface area contributed by atoms with Crippen LogP contribution in [0.2, 0.25) is 0 Å². The smallest absolute Gasteiger partial charge is 0.416 e. The van der Waals surface area contributed by atoms with Crippen LogP contribution in [0, 0.1) is 0 Å². The number of nitrogens with one attached hydrogen (secondary N) is 1. The van der Waals surface area contributed by atoms with Gasteiger partial charge < -0.3 is 14.8 Å². The number of rotatable bonds is 6. The molecular formula is C20H16F3N3O3S. The molecule has 156 valence electrons. The van der Waals surface area contributed by atoms with Gasteiger partial charge in [0.05, 0.1) is 11.3 Å². The van der Waals surface area contributed by atoms with Crippen molar-refractivity contribution in [2.75, 3.05) is 12.5 Å². The highest BCUT2D eigenvalue weighted by Crippen LogP contribution is 2.33. The number of nitrogens with zero attached hydrogens (tertiary/aromatic N) is 2. The van der Waals surface area contributed by atoms with Gasteiger partial charge in [-0.25, -0.2) is 4.98 Å². The molecule has 0 saturated heterocycles. The third kappa shape index (κ3) is 4.54. The van der Waals surface area contributed by atoms with Crippen molar-refractivity contribution in [3.8, 4) is 17.2 Å². The summed E-state index contributed by atoms with van der Waals surface area (Å²) in [5.74, 6) is 1.15. The lowest BCUT2D eigenvalue weighted by molar-refractivity contribution is -0.137. The molecule has 0 aliphatic carbocycles. The van der Waals surface area contributed by atoms with Crippen LogP contribution in [0.5, 0.6) is 11.5 Å². The third-order valence-corrected chi connectivity index (χ3v) is 5.28. The fourth-order valence-electron chi connectivity index (χ4n) is 2.86. The second-order valence-electron chi connectivity index (χ2n) is 6.38.